The number of carbonyl (C=O) groups excluding carboxylic acids is 1. The summed E-state index contributed by atoms with van der Waals surface area (Å²) in [6.07, 6.45) is 5.59. The summed E-state index contributed by atoms with van der Waals surface area (Å²) >= 11 is 0. The largest absolute Gasteiger partial charge is 0.444 e. The van der Waals surface area contributed by atoms with E-state index in [0.717, 1.165) is 43.2 Å². The van der Waals surface area contributed by atoms with Gasteiger partial charge in [0.1, 0.15) is 5.60 Å². The number of benzene rings is 1. The van der Waals surface area contributed by atoms with Gasteiger partial charge < -0.3 is 10.1 Å². The van der Waals surface area contributed by atoms with E-state index in [1.54, 1.807) is 0 Å². The summed E-state index contributed by atoms with van der Waals surface area (Å²) < 4.78 is 7.86. The smallest absolute Gasteiger partial charge is 0.410 e. The maximum atomic E-state index is 12.9. The average molecular weight is 421 g/mol. The van der Waals surface area contributed by atoms with Crippen LogP contribution < -0.4 is 5.32 Å². The van der Waals surface area contributed by atoms with Gasteiger partial charge in [-0.2, -0.15) is 5.10 Å². The second kappa shape index (κ2) is 6.58. The molecule has 1 amide bonds. The van der Waals surface area contributed by atoms with Crippen molar-refractivity contribution in [3.63, 3.8) is 0 Å². The fourth-order valence-electron chi connectivity index (χ4n) is 6.06. The lowest BCUT2D eigenvalue weighted by Gasteiger charge is -2.62. The Hall–Kier alpha value is -2.34. The number of hydrogen-bond acceptors (Lipinski definition) is 4. The van der Waals surface area contributed by atoms with Crippen molar-refractivity contribution >= 4 is 6.09 Å². The molecule has 1 N–H and O–H groups in total. The molecule has 7 rings (SSSR count). The molecule has 1 aromatic heterocycles. The third kappa shape index (κ3) is 3.02. The molecule has 0 unspecified atom stereocenters. The monoisotopic (exact) mass is 420 g/mol. The maximum Gasteiger partial charge on any atom is 0.410 e. The van der Waals surface area contributed by atoms with Crippen molar-refractivity contribution < 1.29 is 9.53 Å². The summed E-state index contributed by atoms with van der Waals surface area (Å²) in [5.41, 5.74) is 6.22. The summed E-state index contributed by atoms with van der Waals surface area (Å²) in [6, 6.07) is 9.10. The minimum absolute atomic E-state index is 0.0232. The number of ether oxygens (including phenoxy) is 1. The predicted molar refractivity (Wildman–Crippen MR) is 119 cm³/mol. The molecule has 6 nitrogen and oxygen atoms in total. The summed E-state index contributed by atoms with van der Waals surface area (Å²) in [7, 11) is 0. The Balaban J connectivity index is 1.33. The highest BCUT2D eigenvalue weighted by Gasteiger charge is 2.57. The molecule has 0 radical (unpaired) electrons. The third-order valence-corrected chi connectivity index (χ3v) is 7.66. The van der Waals surface area contributed by atoms with E-state index in [1.165, 1.54) is 36.1 Å². The van der Waals surface area contributed by atoms with Gasteiger partial charge in [-0.25, -0.2) is 9.48 Å². The molecule has 164 valence electrons. The highest BCUT2D eigenvalue weighted by molar-refractivity contribution is 5.70. The van der Waals surface area contributed by atoms with Gasteiger partial charge in [0, 0.05) is 38.0 Å². The predicted octanol–water partition coefficient (Wildman–Crippen LogP) is 3.90. The number of rotatable bonds is 2. The van der Waals surface area contributed by atoms with E-state index in [1.807, 2.05) is 25.7 Å². The van der Waals surface area contributed by atoms with Crippen LogP contribution in [0, 0.1) is 5.92 Å². The van der Waals surface area contributed by atoms with Gasteiger partial charge in [-0.05, 0) is 69.1 Å². The van der Waals surface area contributed by atoms with E-state index in [4.69, 9.17) is 9.84 Å². The molecule has 3 aliphatic carbocycles. The zero-order chi connectivity index (χ0) is 21.4. The van der Waals surface area contributed by atoms with Crippen molar-refractivity contribution in [2.24, 2.45) is 5.92 Å². The van der Waals surface area contributed by atoms with Crippen LogP contribution in [0.3, 0.4) is 0 Å². The molecule has 2 aromatic rings. The van der Waals surface area contributed by atoms with Crippen molar-refractivity contribution in [3.8, 4) is 5.69 Å². The van der Waals surface area contributed by atoms with Crippen LogP contribution >= 0.6 is 0 Å². The number of nitrogens with zero attached hydrogens (tertiary/aromatic N) is 3. The highest BCUT2D eigenvalue weighted by atomic mass is 16.6. The van der Waals surface area contributed by atoms with Gasteiger partial charge in [-0.3, -0.25) is 4.90 Å². The number of nitrogens with one attached hydrogen (secondary N) is 1. The molecular formula is C25H32N4O2. The third-order valence-electron chi connectivity index (χ3n) is 7.66. The average Bonchev–Trinajstić information content (AvgIpc) is 2.87. The molecule has 0 saturated heterocycles. The fraction of sp³-hybridized carbons (Fsp3) is 0.600. The molecule has 3 heterocycles. The van der Waals surface area contributed by atoms with Crippen molar-refractivity contribution in [2.45, 2.75) is 69.9 Å². The Bertz CT molecular complexity index is 1020. The maximum absolute atomic E-state index is 12.9. The van der Waals surface area contributed by atoms with Crippen LogP contribution in [0.4, 0.5) is 4.79 Å². The molecule has 31 heavy (non-hydrogen) atoms. The minimum Gasteiger partial charge on any atom is -0.444 e. The summed E-state index contributed by atoms with van der Waals surface area (Å²) in [6.45, 7) is 8.04. The van der Waals surface area contributed by atoms with Crippen LogP contribution in [0.1, 0.15) is 68.6 Å². The lowest BCUT2D eigenvalue weighted by Crippen LogP contribution is -2.55. The summed E-state index contributed by atoms with van der Waals surface area (Å²) in [4.78, 5) is 14.8. The number of hydrogen-bond donors (Lipinski definition) is 1. The topological polar surface area (TPSA) is 59.4 Å². The molecule has 3 saturated carbocycles. The van der Waals surface area contributed by atoms with Gasteiger partial charge in [-0.15, -0.1) is 0 Å². The molecule has 5 aliphatic rings. The molecule has 3 fully saturated rings. The molecular weight excluding hydrogens is 388 g/mol. The van der Waals surface area contributed by atoms with Crippen molar-refractivity contribution in [3.05, 3.63) is 46.8 Å². The van der Waals surface area contributed by atoms with Crippen LogP contribution in [0.2, 0.25) is 0 Å². The van der Waals surface area contributed by atoms with Crippen molar-refractivity contribution in [2.75, 3.05) is 19.6 Å². The second-order valence-corrected chi connectivity index (χ2v) is 10.9. The molecule has 0 spiro atoms. The SMILES string of the molecule is CC(C)(C)OC(=O)N1CCc2c3c(nn2-c2ccc(C45CC(C4)C5)cc2)CCNC[C@H]31. The molecule has 6 heteroatoms. The molecule has 1 atom stereocenters. The standard InChI is InChI=1S/C25H32N4O2/c1-24(2,3)31-23(30)28-11-9-20-22-19(8-10-26-15-21(22)28)27-29(20)18-6-4-17(5-7-18)25-12-16(13-25)14-25/h4-7,16,21,26H,8-15H2,1-3H3/t16?,21-,25?/m1/s1. The summed E-state index contributed by atoms with van der Waals surface area (Å²) in [5.74, 6) is 0.990. The van der Waals surface area contributed by atoms with Crippen LogP contribution in [0.25, 0.3) is 5.69 Å². The zero-order valence-electron chi connectivity index (χ0n) is 18.8. The highest BCUT2D eigenvalue weighted by Crippen LogP contribution is 2.65. The first-order chi connectivity index (χ1) is 14.8. The first-order valence-corrected chi connectivity index (χ1v) is 11.7. The van der Waals surface area contributed by atoms with Crippen LogP contribution in [-0.2, 0) is 23.0 Å². The van der Waals surface area contributed by atoms with E-state index in [0.29, 0.717) is 12.0 Å². The number of amides is 1. The van der Waals surface area contributed by atoms with Gasteiger partial charge in [0.05, 0.1) is 23.1 Å². The normalized spacial score (nSPS) is 28.8. The Morgan fingerprint density at radius 3 is 2.55 bits per heavy atom. The van der Waals surface area contributed by atoms with E-state index >= 15 is 0 Å². The zero-order valence-corrected chi connectivity index (χ0v) is 18.8. The first kappa shape index (κ1) is 19.4. The van der Waals surface area contributed by atoms with Gasteiger partial charge in [0.15, 0.2) is 0 Å². The van der Waals surface area contributed by atoms with Crippen molar-refractivity contribution in [1.29, 1.82) is 0 Å². The Kier molecular flexibility index (Phi) is 4.11. The van der Waals surface area contributed by atoms with E-state index in [9.17, 15) is 4.79 Å². The molecule has 2 bridgehead atoms. The lowest BCUT2D eigenvalue weighted by molar-refractivity contribution is -0.0273. The van der Waals surface area contributed by atoms with Gasteiger partial charge in [-0.1, -0.05) is 12.1 Å². The van der Waals surface area contributed by atoms with E-state index < -0.39 is 5.60 Å². The van der Waals surface area contributed by atoms with Gasteiger partial charge in [0.25, 0.3) is 0 Å². The lowest BCUT2D eigenvalue weighted by atomic mass is 9.42. The second-order valence-electron chi connectivity index (χ2n) is 10.9. The van der Waals surface area contributed by atoms with E-state index in [-0.39, 0.29) is 12.1 Å². The molecule has 1 aromatic carbocycles. The van der Waals surface area contributed by atoms with Gasteiger partial charge in [0.2, 0.25) is 0 Å². The number of carbonyl (C=O) groups is 1. The quantitative estimate of drug-likeness (QED) is 0.800. The van der Waals surface area contributed by atoms with Crippen LogP contribution in [-0.4, -0.2) is 46.0 Å². The Morgan fingerprint density at radius 2 is 1.90 bits per heavy atom. The minimum atomic E-state index is -0.495. The fourth-order valence-corrected chi connectivity index (χ4v) is 6.06. The number of aromatic nitrogens is 2. The van der Waals surface area contributed by atoms with E-state index in [2.05, 4.69) is 34.3 Å². The first-order valence-electron chi connectivity index (χ1n) is 11.7. The van der Waals surface area contributed by atoms with Crippen LogP contribution in [0.15, 0.2) is 24.3 Å². The van der Waals surface area contributed by atoms with Crippen molar-refractivity contribution in [1.82, 2.24) is 20.0 Å². The summed E-state index contributed by atoms with van der Waals surface area (Å²) in [5, 5.41) is 8.54. The van der Waals surface area contributed by atoms with Gasteiger partial charge >= 0.3 is 6.09 Å². The molecule has 2 aliphatic heterocycles. The Morgan fingerprint density at radius 1 is 1.16 bits per heavy atom. The van der Waals surface area contributed by atoms with Crippen LogP contribution in [0.5, 0.6) is 0 Å². The Labute approximate surface area is 183 Å².